The van der Waals surface area contributed by atoms with Gasteiger partial charge in [-0.25, -0.2) is 0 Å². The summed E-state index contributed by atoms with van der Waals surface area (Å²) < 4.78 is 11.2. The van der Waals surface area contributed by atoms with E-state index in [1.54, 1.807) is 7.11 Å². The highest BCUT2D eigenvalue weighted by molar-refractivity contribution is 9.09. The average molecular weight is 271 g/mol. The first-order valence-corrected chi connectivity index (χ1v) is 6.02. The van der Waals surface area contributed by atoms with Gasteiger partial charge in [0.05, 0.1) is 0 Å². The summed E-state index contributed by atoms with van der Waals surface area (Å²) in [6.45, 7) is 2.06. The quantitative estimate of drug-likeness (QED) is 0.787. The standard InChI is InChI=1S/C12H15BrO2/c1-8-4-3-5-9(6-8)15-11-7-10(13)12(11)14-2/h3-6,10-12H,7H2,1-2H3. The second kappa shape index (κ2) is 4.54. The summed E-state index contributed by atoms with van der Waals surface area (Å²) in [5, 5.41) is 0. The lowest BCUT2D eigenvalue weighted by molar-refractivity contribution is -0.0545. The number of halogens is 1. The highest BCUT2D eigenvalue weighted by Crippen LogP contribution is 2.33. The fraction of sp³-hybridized carbons (Fsp3) is 0.500. The van der Waals surface area contributed by atoms with Crippen LogP contribution in [0.4, 0.5) is 0 Å². The van der Waals surface area contributed by atoms with Crippen LogP contribution in [0.25, 0.3) is 0 Å². The molecule has 1 aromatic rings. The van der Waals surface area contributed by atoms with E-state index in [2.05, 4.69) is 28.9 Å². The van der Waals surface area contributed by atoms with Gasteiger partial charge in [0.2, 0.25) is 0 Å². The Kier molecular flexibility index (Phi) is 3.32. The summed E-state index contributed by atoms with van der Waals surface area (Å²) in [5.41, 5.74) is 1.22. The van der Waals surface area contributed by atoms with Crippen molar-refractivity contribution in [3.05, 3.63) is 29.8 Å². The molecule has 2 rings (SSSR count). The second-order valence-corrected chi connectivity index (χ2v) is 5.10. The monoisotopic (exact) mass is 270 g/mol. The van der Waals surface area contributed by atoms with Crippen molar-refractivity contribution < 1.29 is 9.47 Å². The van der Waals surface area contributed by atoms with E-state index in [9.17, 15) is 0 Å². The normalized spacial score (nSPS) is 29.7. The predicted octanol–water partition coefficient (Wildman–Crippen LogP) is 2.92. The minimum Gasteiger partial charge on any atom is -0.488 e. The van der Waals surface area contributed by atoms with Crippen LogP contribution < -0.4 is 4.74 Å². The zero-order valence-electron chi connectivity index (χ0n) is 8.94. The van der Waals surface area contributed by atoms with E-state index >= 15 is 0 Å². The van der Waals surface area contributed by atoms with E-state index in [1.807, 2.05) is 18.2 Å². The van der Waals surface area contributed by atoms with Crippen LogP contribution in [-0.2, 0) is 4.74 Å². The first-order valence-electron chi connectivity index (χ1n) is 5.11. The summed E-state index contributed by atoms with van der Waals surface area (Å²) in [7, 11) is 1.73. The summed E-state index contributed by atoms with van der Waals surface area (Å²) in [6, 6.07) is 8.11. The third kappa shape index (κ3) is 2.34. The summed E-state index contributed by atoms with van der Waals surface area (Å²) in [4.78, 5) is 0.428. The highest BCUT2D eigenvalue weighted by Gasteiger charge is 2.41. The predicted molar refractivity (Wildman–Crippen MR) is 63.7 cm³/mol. The molecule has 1 aliphatic rings. The second-order valence-electron chi connectivity index (χ2n) is 3.92. The van der Waals surface area contributed by atoms with Gasteiger partial charge in [-0.3, -0.25) is 0 Å². The Morgan fingerprint density at radius 2 is 2.20 bits per heavy atom. The van der Waals surface area contributed by atoms with E-state index in [-0.39, 0.29) is 12.2 Å². The highest BCUT2D eigenvalue weighted by atomic mass is 79.9. The molecule has 3 heteroatoms. The van der Waals surface area contributed by atoms with Crippen LogP contribution in [0.15, 0.2) is 24.3 Å². The van der Waals surface area contributed by atoms with Gasteiger partial charge in [-0.2, -0.15) is 0 Å². The number of ether oxygens (including phenoxy) is 2. The topological polar surface area (TPSA) is 18.5 Å². The molecule has 1 aliphatic carbocycles. The van der Waals surface area contributed by atoms with Gasteiger partial charge in [-0.1, -0.05) is 28.1 Å². The molecule has 0 spiro atoms. The minimum atomic E-state index is 0.172. The van der Waals surface area contributed by atoms with Crippen molar-refractivity contribution in [2.75, 3.05) is 7.11 Å². The third-order valence-corrected chi connectivity index (χ3v) is 3.62. The van der Waals surface area contributed by atoms with Crippen molar-refractivity contribution in [3.63, 3.8) is 0 Å². The molecule has 1 fully saturated rings. The molecule has 0 bridgehead atoms. The molecule has 0 aromatic heterocycles. The Hall–Kier alpha value is -0.540. The Balaban J connectivity index is 1.98. The molecule has 0 heterocycles. The number of alkyl halides is 1. The molecule has 0 aliphatic heterocycles. The van der Waals surface area contributed by atoms with Crippen LogP contribution in [0, 0.1) is 6.92 Å². The molecule has 3 unspecified atom stereocenters. The van der Waals surface area contributed by atoms with Gasteiger partial charge in [0.25, 0.3) is 0 Å². The van der Waals surface area contributed by atoms with Crippen LogP contribution in [0.1, 0.15) is 12.0 Å². The number of methoxy groups -OCH3 is 1. The van der Waals surface area contributed by atoms with E-state index in [1.165, 1.54) is 5.56 Å². The number of aryl methyl sites for hydroxylation is 1. The Bertz CT molecular complexity index is 340. The maximum atomic E-state index is 5.85. The van der Waals surface area contributed by atoms with Gasteiger partial charge < -0.3 is 9.47 Å². The van der Waals surface area contributed by atoms with Crippen LogP contribution in [0.5, 0.6) is 5.75 Å². The fourth-order valence-corrected chi connectivity index (χ4v) is 2.73. The SMILES string of the molecule is COC1C(Br)CC1Oc1cccc(C)c1. The Morgan fingerprint density at radius 1 is 1.40 bits per heavy atom. The molecular weight excluding hydrogens is 256 g/mol. The first-order chi connectivity index (χ1) is 7.20. The number of rotatable bonds is 3. The van der Waals surface area contributed by atoms with Gasteiger partial charge in [0.1, 0.15) is 18.0 Å². The Morgan fingerprint density at radius 3 is 2.80 bits per heavy atom. The van der Waals surface area contributed by atoms with Crippen molar-refractivity contribution in [3.8, 4) is 5.75 Å². The van der Waals surface area contributed by atoms with E-state index < -0.39 is 0 Å². The van der Waals surface area contributed by atoms with Gasteiger partial charge >= 0.3 is 0 Å². The summed E-state index contributed by atoms with van der Waals surface area (Å²) >= 11 is 3.55. The molecule has 0 amide bonds. The molecular formula is C12H15BrO2. The first kappa shape index (κ1) is 11.0. The van der Waals surface area contributed by atoms with Crippen molar-refractivity contribution in [2.24, 2.45) is 0 Å². The lowest BCUT2D eigenvalue weighted by atomic mass is 9.91. The van der Waals surface area contributed by atoms with Crippen LogP contribution in [0.3, 0.4) is 0 Å². The van der Waals surface area contributed by atoms with Crippen molar-refractivity contribution >= 4 is 15.9 Å². The van der Waals surface area contributed by atoms with E-state index in [0.29, 0.717) is 4.83 Å². The molecule has 15 heavy (non-hydrogen) atoms. The lowest BCUT2D eigenvalue weighted by Crippen LogP contribution is -2.51. The molecule has 1 aromatic carbocycles. The van der Waals surface area contributed by atoms with Crippen LogP contribution in [0.2, 0.25) is 0 Å². The maximum absolute atomic E-state index is 5.85. The molecule has 0 saturated heterocycles. The molecule has 2 nitrogen and oxygen atoms in total. The number of benzene rings is 1. The molecule has 1 saturated carbocycles. The third-order valence-electron chi connectivity index (χ3n) is 2.73. The summed E-state index contributed by atoms with van der Waals surface area (Å²) in [6.07, 6.45) is 1.36. The van der Waals surface area contributed by atoms with E-state index in [0.717, 1.165) is 12.2 Å². The average Bonchev–Trinajstić information content (AvgIpc) is 2.17. The van der Waals surface area contributed by atoms with Gasteiger partial charge in [0.15, 0.2) is 0 Å². The maximum Gasteiger partial charge on any atom is 0.127 e. The van der Waals surface area contributed by atoms with Crippen molar-refractivity contribution in [1.82, 2.24) is 0 Å². The molecule has 3 atom stereocenters. The van der Waals surface area contributed by atoms with E-state index in [4.69, 9.17) is 9.47 Å². The largest absolute Gasteiger partial charge is 0.488 e. The molecule has 0 N–H and O–H groups in total. The Labute approximate surface area is 98.7 Å². The van der Waals surface area contributed by atoms with Crippen LogP contribution in [-0.4, -0.2) is 24.1 Å². The summed E-state index contributed by atoms with van der Waals surface area (Å²) in [5.74, 6) is 0.932. The zero-order chi connectivity index (χ0) is 10.8. The minimum absolute atomic E-state index is 0.172. The van der Waals surface area contributed by atoms with Crippen molar-refractivity contribution in [2.45, 2.75) is 30.4 Å². The van der Waals surface area contributed by atoms with Crippen LogP contribution >= 0.6 is 15.9 Å². The lowest BCUT2D eigenvalue weighted by Gasteiger charge is -2.40. The zero-order valence-corrected chi connectivity index (χ0v) is 10.5. The molecule has 0 radical (unpaired) electrons. The fourth-order valence-electron chi connectivity index (χ4n) is 1.81. The van der Waals surface area contributed by atoms with Gasteiger partial charge in [-0.15, -0.1) is 0 Å². The van der Waals surface area contributed by atoms with Crippen molar-refractivity contribution in [1.29, 1.82) is 0 Å². The smallest absolute Gasteiger partial charge is 0.127 e. The van der Waals surface area contributed by atoms with Gasteiger partial charge in [-0.05, 0) is 24.6 Å². The number of hydrogen-bond acceptors (Lipinski definition) is 2. The molecule has 82 valence electrons. The van der Waals surface area contributed by atoms with Gasteiger partial charge in [0, 0.05) is 18.4 Å². The number of hydrogen-bond donors (Lipinski definition) is 0.